The van der Waals surface area contributed by atoms with Crippen LogP contribution in [0.4, 0.5) is 5.13 Å². The largest absolute Gasteiger partial charge is 0.440 e. The monoisotopic (exact) mass is 402 g/mol. The first-order valence-corrected chi connectivity index (χ1v) is 9.60. The van der Waals surface area contributed by atoms with Gasteiger partial charge in [-0.25, -0.2) is 4.98 Å². The van der Waals surface area contributed by atoms with Crippen LogP contribution in [0.3, 0.4) is 0 Å². The zero-order valence-electron chi connectivity index (χ0n) is 13.4. The minimum absolute atomic E-state index is 0.225. The van der Waals surface area contributed by atoms with E-state index in [0.717, 1.165) is 10.4 Å². The van der Waals surface area contributed by atoms with Crippen LogP contribution in [0.1, 0.15) is 16.2 Å². The van der Waals surface area contributed by atoms with Crippen LogP contribution in [0.15, 0.2) is 46.2 Å². The average Bonchev–Trinajstić information content (AvgIpc) is 3.35. The van der Waals surface area contributed by atoms with Crippen LogP contribution in [0.25, 0.3) is 21.3 Å². The normalized spacial score (nSPS) is 10.8. The summed E-state index contributed by atoms with van der Waals surface area (Å²) in [5.74, 6) is 0.481. The van der Waals surface area contributed by atoms with Crippen LogP contribution >= 0.6 is 34.3 Å². The van der Waals surface area contributed by atoms with Gasteiger partial charge in [-0.15, -0.1) is 21.5 Å². The molecule has 3 aromatic heterocycles. The predicted molar refractivity (Wildman–Crippen MR) is 103 cm³/mol. The molecule has 26 heavy (non-hydrogen) atoms. The zero-order valence-corrected chi connectivity index (χ0v) is 15.8. The van der Waals surface area contributed by atoms with Gasteiger partial charge in [-0.05, 0) is 24.4 Å². The van der Waals surface area contributed by atoms with Gasteiger partial charge in [-0.1, -0.05) is 47.2 Å². The molecule has 0 aliphatic carbocycles. The van der Waals surface area contributed by atoms with Crippen LogP contribution in [0.2, 0.25) is 5.02 Å². The van der Waals surface area contributed by atoms with E-state index in [1.165, 1.54) is 22.7 Å². The van der Waals surface area contributed by atoms with Gasteiger partial charge in [0.2, 0.25) is 11.0 Å². The molecule has 6 nitrogen and oxygen atoms in total. The molecule has 3 heterocycles. The maximum absolute atomic E-state index is 12.5. The highest BCUT2D eigenvalue weighted by Gasteiger charge is 2.20. The average molecular weight is 403 g/mol. The zero-order chi connectivity index (χ0) is 18.1. The molecule has 0 saturated heterocycles. The summed E-state index contributed by atoms with van der Waals surface area (Å²) < 4.78 is 5.60. The second-order valence-corrected chi connectivity index (χ2v) is 7.58. The Bertz CT molecular complexity index is 1070. The van der Waals surface area contributed by atoms with Gasteiger partial charge < -0.3 is 4.42 Å². The maximum atomic E-state index is 12.5. The number of hydrogen-bond donors (Lipinski definition) is 1. The Morgan fingerprint density at radius 2 is 2.04 bits per heavy atom. The summed E-state index contributed by atoms with van der Waals surface area (Å²) in [5, 5.41) is 14.3. The summed E-state index contributed by atoms with van der Waals surface area (Å²) in [6.45, 7) is 1.70. The van der Waals surface area contributed by atoms with Gasteiger partial charge in [0.05, 0.1) is 9.90 Å². The molecule has 0 radical (unpaired) electrons. The summed E-state index contributed by atoms with van der Waals surface area (Å²) >= 11 is 8.91. The minimum atomic E-state index is -0.393. The smallest absolute Gasteiger partial charge is 0.279 e. The van der Waals surface area contributed by atoms with E-state index in [0.29, 0.717) is 26.8 Å². The Kier molecular flexibility index (Phi) is 4.54. The van der Waals surface area contributed by atoms with E-state index in [2.05, 4.69) is 20.5 Å². The third-order valence-electron chi connectivity index (χ3n) is 3.49. The number of thiophene rings is 1. The van der Waals surface area contributed by atoms with Gasteiger partial charge >= 0.3 is 0 Å². The first kappa shape index (κ1) is 16.9. The number of aryl methyl sites for hydroxylation is 1. The number of rotatable bonds is 4. The Labute approximate surface area is 161 Å². The predicted octanol–water partition coefficient (Wildman–Crippen LogP) is 5.14. The lowest BCUT2D eigenvalue weighted by Crippen LogP contribution is -2.13. The van der Waals surface area contributed by atoms with Crippen molar-refractivity contribution in [3.05, 3.63) is 58.3 Å². The van der Waals surface area contributed by atoms with Crippen LogP contribution in [-0.2, 0) is 0 Å². The number of amides is 1. The highest BCUT2D eigenvalue weighted by atomic mass is 35.5. The number of anilines is 1. The van der Waals surface area contributed by atoms with Crippen molar-refractivity contribution in [2.45, 2.75) is 6.92 Å². The minimum Gasteiger partial charge on any atom is -0.440 e. The van der Waals surface area contributed by atoms with Gasteiger partial charge in [-0.3, -0.25) is 10.1 Å². The first-order valence-electron chi connectivity index (χ1n) is 7.53. The molecule has 130 valence electrons. The molecule has 0 atom stereocenters. The molecule has 0 aliphatic rings. The number of halogens is 1. The van der Waals surface area contributed by atoms with Crippen molar-refractivity contribution in [2.24, 2.45) is 0 Å². The first-order chi connectivity index (χ1) is 12.6. The van der Waals surface area contributed by atoms with E-state index in [4.69, 9.17) is 16.0 Å². The Morgan fingerprint density at radius 3 is 2.81 bits per heavy atom. The van der Waals surface area contributed by atoms with E-state index in [1.807, 2.05) is 35.7 Å². The third kappa shape index (κ3) is 3.26. The van der Waals surface area contributed by atoms with E-state index < -0.39 is 5.91 Å². The molecule has 0 fully saturated rings. The van der Waals surface area contributed by atoms with Crippen molar-refractivity contribution in [1.29, 1.82) is 0 Å². The standard InChI is InChI=1S/C17H11ClN4O2S2/c1-9-13(19-15(24-9)12-7-4-8-25-12)14(23)20-17-22-21-16(26-17)10-5-2-3-6-11(10)18/h2-8H,1H3,(H,20,22,23). The molecule has 1 N–H and O–H groups in total. The third-order valence-corrected chi connectivity index (χ3v) is 5.55. The van der Waals surface area contributed by atoms with Crippen molar-refractivity contribution in [3.63, 3.8) is 0 Å². The number of carbonyl (C=O) groups is 1. The fourth-order valence-electron chi connectivity index (χ4n) is 2.29. The van der Waals surface area contributed by atoms with E-state index in [9.17, 15) is 4.79 Å². The number of hydrogen-bond acceptors (Lipinski definition) is 7. The van der Waals surface area contributed by atoms with E-state index >= 15 is 0 Å². The fraction of sp³-hybridized carbons (Fsp3) is 0.0588. The Hall–Kier alpha value is -2.55. The number of nitrogens with one attached hydrogen (secondary N) is 1. The summed E-state index contributed by atoms with van der Waals surface area (Å²) in [4.78, 5) is 17.7. The molecule has 0 spiro atoms. The number of oxazole rings is 1. The van der Waals surface area contributed by atoms with Gasteiger partial charge in [0, 0.05) is 5.56 Å². The lowest BCUT2D eigenvalue weighted by atomic mass is 10.2. The number of aromatic nitrogens is 3. The molecule has 0 aliphatic heterocycles. The number of carbonyl (C=O) groups excluding carboxylic acids is 1. The molecule has 0 bridgehead atoms. The van der Waals surface area contributed by atoms with Crippen molar-refractivity contribution >= 4 is 45.3 Å². The van der Waals surface area contributed by atoms with Crippen LogP contribution in [0, 0.1) is 6.92 Å². The summed E-state index contributed by atoms with van der Waals surface area (Å²) in [5.41, 5.74) is 0.993. The molecule has 1 amide bonds. The van der Waals surface area contributed by atoms with Gasteiger partial charge in [0.15, 0.2) is 10.7 Å². The maximum Gasteiger partial charge on any atom is 0.279 e. The van der Waals surface area contributed by atoms with Crippen LogP contribution < -0.4 is 5.32 Å². The van der Waals surface area contributed by atoms with Crippen molar-refractivity contribution in [3.8, 4) is 21.3 Å². The molecule has 1 aromatic carbocycles. The topological polar surface area (TPSA) is 80.9 Å². The highest BCUT2D eigenvalue weighted by Crippen LogP contribution is 2.32. The number of benzene rings is 1. The molecule has 4 aromatic rings. The van der Waals surface area contributed by atoms with Crippen LogP contribution in [-0.4, -0.2) is 21.1 Å². The summed E-state index contributed by atoms with van der Waals surface area (Å²) in [6.07, 6.45) is 0. The molecule has 4 rings (SSSR count). The van der Waals surface area contributed by atoms with Gasteiger partial charge in [0.1, 0.15) is 5.76 Å². The lowest BCUT2D eigenvalue weighted by molar-refractivity contribution is 0.102. The second kappa shape index (κ2) is 6.99. The Morgan fingerprint density at radius 1 is 1.19 bits per heavy atom. The highest BCUT2D eigenvalue weighted by molar-refractivity contribution is 7.18. The summed E-state index contributed by atoms with van der Waals surface area (Å²) in [7, 11) is 0. The van der Waals surface area contributed by atoms with Crippen molar-refractivity contribution in [2.75, 3.05) is 5.32 Å². The lowest BCUT2D eigenvalue weighted by Gasteiger charge is -1.98. The second-order valence-electron chi connectivity index (χ2n) is 5.25. The van der Waals surface area contributed by atoms with Gasteiger partial charge in [0.25, 0.3) is 5.91 Å². The molecular formula is C17H11ClN4O2S2. The van der Waals surface area contributed by atoms with Crippen molar-refractivity contribution < 1.29 is 9.21 Å². The van der Waals surface area contributed by atoms with E-state index in [1.54, 1.807) is 13.0 Å². The molecular weight excluding hydrogens is 392 g/mol. The molecule has 0 saturated carbocycles. The molecule has 9 heteroatoms. The quantitative estimate of drug-likeness (QED) is 0.511. The fourth-order valence-corrected chi connectivity index (χ4v) is 3.99. The number of nitrogens with zero attached hydrogens (tertiary/aromatic N) is 3. The Balaban J connectivity index is 1.55. The SMILES string of the molecule is Cc1oc(-c2cccs2)nc1C(=O)Nc1nnc(-c2ccccc2Cl)s1. The van der Waals surface area contributed by atoms with E-state index in [-0.39, 0.29) is 5.69 Å². The van der Waals surface area contributed by atoms with Crippen LogP contribution in [0.5, 0.6) is 0 Å². The summed E-state index contributed by atoms with van der Waals surface area (Å²) in [6, 6.07) is 11.1. The van der Waals surface area contributed by atoms with Gasteiger partial charge in [-0.2, -0.15) is 0 Å². The van der Waals surface area contributed by atoms with Crippen molar-refractivity contribution in [1.82, 2.24) is 15.2 Å². The molecule has 0 unspecified atom stereocenters.